The lowest BCUT2D eigenvalue weighted by Crippen LogP contribution is -2.43. The van der Waals surface area contributed by atoms with Crippen LogP contribution >= 0.6 is 22.6 Å². The molecule has 0 saturated carbocycles. The van der Waals surface area contributed by atoms with Gasteiger partial charge in [-0.3, -0.25) is 9.69 Å². The van der Waals surface area contributed by atoms with E-state index in [1.807, 2.05) is 4.90 Å². The molecule has 1 saturated heterocycles. The molecule has 1 aliphatic heterocycles. The molecule has 1 unspecified atom stereocenters. The van der Waals surface area contributed by atoms with Crippen LogP contribution in [0.3, 0.4) is 0 Å². The van der Waals surface area contributed by atoms with E-state index >= 15 is 0 Å². The highest BCUT2D eigenvalue weighted by molar-refractivity contribution is 14.1. The summed E-state index contributed by atoms with van der Waals surface area (Å²) in [6.45, 7) is 2.65. The largest absolute Gasteiger partial charge is 0.369 e. The number of amides is 1. The third-order valence-electron chi connectivity index (χ3n) is 1.49. The number of halogens is 1. The van der Waals surface area contributed by atoms with E-state index in [2.05, 4.69) is 22.6 Å². The van der Waals surface area contributed by atoms with Gasteiger partial charge in [0.25, 0.3) is 0 Å². The molecule has 0 spiro atoms. The Balaban J connectivity index is 2.28. The normalized spacial score (nSPS) is 26.8. The highest BCUT2D eigenvalue weighted by Crippen LogP contribution is 2.09. The van der Waals surface area contributed by atoms with Crippen LogP contribution in [0.25, 0.3) is 0 Å². The van der Waals surface area contributed by atoms with Gasteiger partial charge in [0.15, 0.2) is 0 Å². The van der Waals surface area contributed by atoms with Crippen LogP contribution in [0.1, 0.15) is 0 Å². The maximum atomic E-state index is 10.5. The lowest BCUT2D eigenvalue weighted by Gasteiger charge is -2.28. The lowest BCUT2D eigenvalue weighted by atomic mass is 10.4. The summed E-state index contributed by atoms with van der Waals surface area (Å²) in [6, 6.07) is 0. The average molecular weight is 270 g/mol. The summed E-state index contributed by atoms with van der Waals surface area (Å²) in [5.41, 5.74) is 5.04. The molecule has 0 aliphatic carbocycles. The number of carbonyl (C=O) groups is 1. The van der Waals surface area contributed by atoms with E-state index in [1.54, 1.807) is 0 Å². The van der Waals surface area contributed by atoms with Gasteiger partial charge < -0.3 is 10.5 Å². The fourth-order valence-electron chi connectivity index (χ4n) is 1.02. The Morgan fingerprint density at radius 1 is 1.82 bits per heavy atom. The van der Waals surface area contributed by atoms with Gasteiger partial charge in [-0.1, -0.05) is 0 Å². The minimum Gasteiger partial charge on any atom is -0.369 e. The minimum atomic E-state index is -0.268. The smallest absolute Gasteiger partial charge is 0.231 e. The number of hydrogen-bond donors (Lipinski definition) is 1. The number of primary amides is 1. The second kappa shape index (κ2) is 4.22. The minimum absolute atomic E-state index is 0.195. The predicted molar refractivity (Wildman–Crippen MR) is 49.4 cm³/mol. The molecule has 0 aromatic heterocycles. The highest BCUT2D eigenvalue weighted by atomic mass is 127. The maximum Gasteiger partial charge on any atom is 0.231 e. The molecule has 1 rings (SSSR count). The number of carbonyl (C=O) groups excluding carboxylic acids is 1. The van der Waals surface area contributed by atoms with E-state index in [0.717, 1.165) is 13.1 Å². The zero-order chi connectivity index (χ0) is 8.27. The average Bonchev–Trinajstić information content (AvgIpc) is 1.85. The van der Waals surface area contributed by atoms with E-state index in [0.29, 0.717) is 13.2 Å². The molecule has 1 aliphatic rings. The number of alkyl halides is 1. The molecule has 11 heavy (non-hydrogen) atoms. The van der Waals surface area contributed by atoms with Gasteiger partial charge in [0.2, 0.25) is 5.91 Å². The first kappa shape index (κ1) is 9.21. The topological polar surface area (TPSA) is 55.6 Å². The van der Waals surface area contributed by atoms with Crippen molar-refractivity contribution in [1.82, 2.24) is 4.90 Å². The Kier molecular flexibility index (Phi) is 3.53. The van der Waals surface area contributed by atoms with Crippen molar-refractivity contribution in [2.24, 2.45) is 5.73 Å². The molecule has 0 aromatic carbocycles. The summed E-state index contributed by atoms with van der Waals surface area (Å²) in [5, 5.41) is 0. The fraction of sp³-hybridized carbons (Fsp3) is 0.833. The molecule has 64 valence electrons. The number of nitrogens with zero attached hydrogens (tertiary/aromatic N) is 1. The van der Waals surface area contributed by atoms with E-state index in [1.165, 1.54) is 0 Å². The number of hydrogen-bond acceptors (Lipinski definition) is 3. The monoisotopic (exact) mass is 270 g/mol. The van der Waals surface area contributed by atoms with Crippen molar-refractivity contribution in [3.63, 3.8) is 0 Å². The van der Waals surface area contributed by atoms with E-state index in [4.69, 9.17) is 10.5 Å². The SMILES string of the molecule is NC(=O)CN1CCOC(I)C1. The van der Waals surface area contributed by atoms with Gasteiger partial charge in [-0.25, -0.2) is 0 Å². The predicted octanol–water partition coefficient (Wildman–Crippen LogP) is -0.435. The second-order valence-electron chi connectivity index (χ2n) is 2.48. The number of ether oxygens (including phenoxy) is 1. The van der Waals surface area contributed by atoms with Crippen LogP contribution < -0.4 is 5.73 Å². The number of nitrogens with two attached hydrogens (primary N) is 1. The standard InChI is InChI=1S/C6H11IN2O2/c7-5-3-9(1-2-11-5)4-6(8)10/h5H,1-4H2,(H2,8,10). The molecule has 0 aromatic rings. The Morgan fingerprint density at radius 2 is 2.55 bits per heavy atom. The summed E-state index contributed by atoms with van der Waals surface area (Å²) >= 11 is 2.20. The van der Waals surface area contributed by atoms with Crippen molar-refractivity contribution in [1.29, 1.82) is 0 Å². The molecule has 0 bridgehead atoms. The van der Waals surface area contributed by atoms with Crippen LogP contribution in [0, 0.1) is 0 Å². The molecule has 4 nitrogen and oxygen atoms in total. The quantitative estimate of drug-likeness (QED) is 0.547. The van der Waals surface area contributed by atoms with Crippen molar-refractivity contribution in [3.05, 3.63) is 0 Å². The lowest BCUT2D eigenvalue weighted by molar-refractivity contribution is -0.120. The summed E-state index contributed by atoms with van der Waals surface area (Å²) in [5.74, 6) is -0.268. The van der Waals surface area contributed by atoms with Gasteiger partial charge in [-0.05, 0) is 22.6 Å². The molecule has 1 amide bonds. The van der Waals surface area contributed by atoms with Gasteiger partial charge >= 0.3 is 0 Å². The van der Waals surface area contributed by atoms with Crippen LogP contribution in [-0.4, -0.2) is 41.2 Å². The van der Waals surface area contributed by atoms with E-state index in [9.17, 15) is 4.79 Å². The van der Waals surface area contributed by atoms with Crippen molar-refractivity contribution in [3.8, 4) is 0 Å². The van der Waals surface area contributed by atoms with Crippen molar-refractivity contribution >= 4 is 28.5 Å². The van der Waals surface area contributed by atoms with Gasteiger partial charge in [0, 0.05) is 13.1 Å². The Labute approximate surface area is 79.2 Å². The third-order valence-corrected chi connectivity index (χ3v) is 2.24. The third kappa shape index (κ3) is 3.35. The molecule has 0 radical (unpaired) electrons. The van der Waals surface area contributed by atoms with E-state index in [-0.39, 0.29) is 10.0 Å². The van der Waals surface area contributed by atoms with Crippen LogP contribution in [0.15, 0.2) is 0 Å². The molecule has 1 fully saturated rings. The van der Waals surface area contributed by atoms with Gasteiger partial charge in [-0.15, -0.1) is 0 Å². The van der Waals surface area contributed by atoms with Crippen LogP contribution in [0.5, 0.6) is 0 Å². The highest BCUT2D eigenvalue weighted by Gasteiger charge is 2.18. The van der Waals surface area contributed by atoms with Crippen LogP contribution in [-0.2, 0) is 9.53 Å². The summed E-state index contributed by atoms with van der Waals surface area (Å²) < 4.78 is 5.48. The number of morpholine rings is 1. The molecule has 1 heterocycles. The molecular weight excluding hydrogens is 259 g/mol. The van der Waals surface area contributed by atoms with Crippen molar-refractivity contribution in [2.45, 2.75) is 4.11 Å². The Morgan fingerprint density at radius 3 is 3.09 bits per heavy atom. The zero-order valence-electron chi connectivity index (χ0n) is 6.12. The van der Waals surface area contributed by atoms with Gasteiger partial charge in [0.1, 0.15) is 4.11 Å². The Hall–Kier alpha value is 0.120. The first-order chi connectivity index (χ1) is 5.18. The summed E-state index contributed by atoms with van der Waals surface area (Å²) in [4.78, 5) is 12.5. The zero-order valence-corrected chi connectivity index (χ0v) is 8.28. The van der Waals surface area contributed by atoms with Crippen molar-refractivity contribution < 1.29 is 9.53 Å². The summed E-state index contributed by atoms with van der Waals surface area (Å²) in [7, 11) is 0. The molecular formula is C6H11IN2O2. The molecule has 2 N–H and O–H groups in total. The van der Waals surface area contributed by atoms with Crippen LogP contribution in [0.2, 0.25) is 0 Å². The first-order valence-electron chi connectivity index (χ1n) is 3.45. The maximum absolute atomic E-state index is 10.5. The van der Waals surface area contributed by atoms with Gasteiger partial charge in [0.05, 0.1) is 13.2 Å². The second-order valence-corrected chi connectivity index (χ2v) is 3.87. The number of rotatable bonds is 2. The van der Waals surface area contributed by atoms with Crippen LogP contribution in [0.4, 0.5) is 0 Å². The van der Waals surface area contributed by atoms with E-state index < -0.39 is 0 Å². The Bertz CT molecular complexity index is 154. The molecule has 5 heteroatoms. The van der Waals surface area contributed by atoms with Gasteiger partial charge in [-0.2, -0.15) is 0 Å². The molecule has 1 atom stereocenters. The van der Waals surface area contributed by atoms with Crippen molar-refractivity contribution in [2.75, 3.05) is 26.2 Å². The fourth-order valence-corrected chi connectivity index (χ4v) is 1.83. The first-order valence-corrected chi connectivity index (χ1v) is 4.69. The summed E-state index contributed by atoms with van der Waals surface area (Å²) in [6.07, 6.45) is 0.